The number of carbonyl (C=O) groups excluding carboxylic acids is 1. The fraction of sp³-hybridized carbons (Fsp3) is 0.696. The Balaban J connectivity index is 1.88. The highest BCUT2D eigenvalue weighted by molar-refractivity contribution is 5.79. The predicted molar refractivity (Wildman–Crippen MR) is 127 cm³/mol. The summed E-state index contributed by atoms with van der Waals surface area (Å²) >= 11 is 0. The van der Waals surface area contributed by atoms with Crippen LogP contribution in [0.4, 0.5) is 10.6 Å². The van der Waals surface area contributed by atoms with Crippen molar-refractivity contribution >= 4 is 17.9 Å². The second-order valence-corrected chi connectivity index (χ2v) is 9.11. The molecule has 0 atom stereocenters. The Morgan fingerprint density at radius 3 is 2.35 bits per heavy atom. The van der Waals surface area contributed by atoms with Crippen LogP contribution in [-0.4, -0.2) is 54.9 Å². The molecule has 1 aromatic heterocycles. The molecule has 31 heavy (non-hydrogen) atoms. The lowest BCUT2D eigenvalue weighted by Gasteiger charge is -2.34. The molecular formula is C23H40N6O2. The molecule has 174 valence electrons. The van der Waals surface area contributed by atoms with E-state index < -0.39 is 17.2 Å². The number of aromatic nitrogens is 1. The molecule has 0 aromatic carbocycles. The van der Waals surface area contributed by atoms with Gasteiger partial charge in [-0.25, -0.2) is 9.78 Å². The number of carbonyl (C=O) groups is 1. The summed E-state index contributed by atoms with van der Waals surface area (Å²) in [6, 6.07) is 4.19. The van der Waals surface area contributed by atoms with E-state index in [1.165, 1.54) is 12.8 Å². The lowest BCUT2D eigenvalue weighted by molar-refractivity contribution is 0.0448. The van der Waals surface area contributed by atoms with Crippen LogP contribution in [-0.2, 0) is 11.3 Å². The number of guanidine groups is 1. The van der Waals surface area contributed by atoms with Gasteiger partial charge < -0.3 is 25.6 Å². The highest BCUT2D eigenvalue weighted by atomic mass is 16.6. The molecule has 0 bridgehead atoms. The van der Waals surface area contributed by atoms with Gasteiger partial charge in [-0.2, -0.15) is 0 Å². The third kappa shape index (κ3) is 7.92. The van der Waals surface area contributed by atoms with Gasteiger partial charge in [0.1, 0.15) is 11.4 Å². The number of ether oxygens (including phenoxy) is 1. The molecular weight excluding hydrogens is 392 g/mol. The molecule has 0 saturated carbocycles. The smallest absolute Gasteiger partial charge is 0.408 e. The van der Waals surface area contributed by atoms with Crippen molar-refractivity contribution < 1.29 is 9.53 Å². The summed E-state index contributed by atoms with van der Waals surface area (Å²) in [4.78, 5) is 23.6. The van der Waals surface area contributed by atoms with Crippen molar-refractivity contribution in [2.45, 2.75) is 78.0 Å². The van der Waals surface area contributed by atoms with Crippen LogP contribution in [0.5, 0.6) is 0 Å². The van der Waals surface area contributed by atoms with Gasteiger partial charge in [-0.1, -0.05) is 19.9 Å². The van der Waals surface area contributed by atoms with E-state index in [0.29, 0.717) is 19.0 Å². The van der Waals surface area contributed by atoms with E-state index in [1.54, 1.807) is 7.05 Å². The van der Waals surface area contributed by atoms with Crippen molar-refractivity contribution in [3.05, 3.63) is 23.9 Å². The molecule has 2 rings (SSSR count). The number of anilines is 1. The van der Waals surface area contributed by atoms with Crippen LogP contribution in [0, 0.1) is 0 Å². The summed E-state index contributed by atoms with van der Waals surface area (Å²) in [6.07, 6.45) is 5.55. The van der Waals surface area contributed by atoms with Crippen LogP contribution >= 0.6 is 0 Å². The Hall–Kier alpha value is -2.51. The Labute approximate surface area is 187 Å². The van der Waals surface area contributed by atoms with Gasteiger partial charge in [0.25, 0.3) is 0 Å². The minimum absolute atomic E-state index is 0.398. The van der Waals surface area contributed by atoms with E-state index in [9.17, 15) is 4.79 Å². The number of nitrogens with zero attached hydrogens (tertiary/aromatic N) is 3. The van der Waals surface area contributed by atoms with Gasteiger partial charge in [0.2, 0.25) is 0 Å². The summed E-state index contributed by atoms with van der Waals surface area (Å²) < 4.78 is 5.45. The highest BCUT2D eigenvalue weighted by Crippen LogP contribution is 2.18. The largest absolute Gasteiger partial charge is 0.444 e. The Morgan fingerprint density at radius 1 is 1.16 bits per heavy atom. The van der Waals surface area contributed by atoms with E-state index >= 15 is 0 Å². The average Bonchev–Trinajstić information content (AvgIpc) is 3.27. The maximum Gasteiger partial charge on any atom is 0.408 e. The summed E-state index contributed by atoms with van der Waals surface area (Å²) in [6.45, 7) is 13.1. The third-order valence-corrected chi connectivity index (χ3v) is 5.64. The van der Waals surface area contributed by atoms with E-state index in [1.807, 2.05) is 27.0 Å². The molecule has 8 heteroatoms. The van der Waals surface area contributed by atoms with Gasteiger partial charge in [0.05, 0.1) is 5.54 Å². The zero-order valence-electron chi connectivity index (χ0n) is 20.0. The van der Waals surface area contributed by atoms with Gasteiger partial charge in [-0.3, -0.25) is 4.99 Å². The molecule has 8 nitrogen and oxygen atoms in total. The lowest BCUT2D eigenvalue weighted by Crippen LogP contribution is -2.57. The molecule has 1 aliphatic heterocycles. The monoisotopic (exact) mass is 432 g/mol. The maximum absolute atomic E-state index is 12.3. The minimum Gasteiger partial charge on any atom is -0.444 e. The number of amides is 1. The van der Waals surface area contributed by atoms with E-state index in [0.717, 1.165) is 37.3 Å². The number of rotatable bonds is 8. The second-order valence-electron chi connectivity index (χ2n) is 9.11. The first-order valence-corrected chi connectivity index (χ1v) is 11.4. The van der Waals surface area contributed by atoms with Crippen LogP contribution in [0.2, 0.25) is 0 Å². The molecule has 0 spiro atoms. The molecule has 1 amide bonds. The summed E-state index contributed by atoms with van der Waals surface area (Å²) in [5.41, 5.74) is 0.148. The first-order valence-electron chi connectivity index (χ1n) is 11.4. The van der Waals surface area contributed by atoms with Crippen LogP contribution in [0.25, 0.3) is 0 Å². The molecule has 0 aliphatic carbocycles. The van der Waals surface area contributed by atoms with Gasteiger partial charge in [-0.05, 0) is 58.1 Å². The fourth-order valence-corrected chi connectivity index (χ4v) is 3.55. The zero-order valence-corrected chi connectivity index (χ0v) is 20.0. The van der Waals surface area contributed by atoms with E-state index in [2.05, 4.69) is 56.8 Å². The quantitative estimate of drug-likeness (QED) is 0.431. The number of aliphatic imine (C=N–C) groups is 1. The predicted octanol–water partition coefficient (Wildman–Crippen LogP) is 3.43. The SMILES string of the molecule is CCC(CC)(CNC(=NC)NCc1ccc(N2CCCC2)nc1)NC(=O)OC(C)(C)C. The molecule has 2 heterocycles. The van der Waals surface area contributed by atoms with Gasteiger partial charge in [-0.15, -0.1) is 0 Å². The molecule has 1 saturated heterocycles. The lowest BCUT2D eigenvalue weighted by atomic mass is 9.93. The van der Waals surface area contributed by atoms with Crippen LogP contribution in [0.15, 0.2) is 23.3 Å². The fourth-order valence-electron chi connectivity index (χ4n) is 3.55. The van der Waals surface area contributed by atoms with E-state index in [4.69, 9.17) is 4.74 Å². The Kier molecular flexibility index (Phi) is 8.95. The summed E-state index contributed by atoms with van der Waals surface area (Å²) in [7, 11) is 1.74. The molecule has 1 aliphatic rings. The van der Waals surface area contributed by atoms with Crippen molar-refractivity contribution in [2.24, 2.45) is 4.99 Å². The van der Waals surface area contributed by atoms with Crippen LogP contribution < -0.4 is 20.9 Å². The number of pyridine rings is 1. The summed E-state index contributed by atoms with van der Waals surface area (Å²) in [5, 5.41) is 9.73. The van der Waals surface area contributed by atoms with Gasteiger partial charge in [0.15, 0.2) is 5.96 Å². The minimum atomic E-state index is -0.527. The molecule has 0 radical (unpaired) electrons. The van der Waals surface area contributed by atoms with Crippen molar-refractivity contribution in [3.63, 3.8) is 0 Å². The molecule has 0 unspecified atom stereocenters. The Morgan fingerprint density at radius 2 is 1.84 bits per heavy atom. The van der Waals surface area contributed by atoms with Crippen molar-refractivity contribution in [1.82, 2.24) is 20.9 Å². The molecule has 3 N–H and O–H groups in total. The van der Waals surface area contributed by atoms with Crippen molar-refractivity contribution in [2.75, 3.05) is 31.6 Å². The number of alkyl carbamates (subject to hydrolysis) is 1. The molecule has 1 aromatic rings. The summed E-state index contributed by atoms with van der Waals surface area (Å²) in [5.74, 6) is 1.73. The first kappa shape index (κ1) is 24.8. The second kappa shape index (κ2) is 11.2. The highest BCUT2D eigenvalue weighted by Gasteiger charge is 2.30. The van der Waals surface area contributed by atoms with Crippen molar-refractivity contribution in [1.29, 1.82) is 0 Å². The average molecular weight is 433 g/mol. The van der Waals surface area contributed by atoms with Crippen LogP contribution in [0.3, 0.4) is 0 Å². The van der Waals surface area contributed by atoms with Gasteiger partial charge >= 0.3 is 6.09 Å². The zero-order chi connectivity index (χ0) is 22.9. The standard InChI is InChI=1S/C23H40N6O2/c1-7-23(8-2,28-21(30)31-22(3,4)5)17-27-20(24-6)26-16-18-11-12-19(25-15-18)29-13-9-10-14-29/h11-12,15H,7-10,13-14,16-17H2,1-6H3,(H,28,30)(H2,24,26,27). The third-order valence-electron chi connectivity index (χ3n) is 5.64. The number of nitrogens with one attached hydrogen (secondary N) is 3. The van der Waals surface area contributed by atoms with E-state index in [-0.39, 0.29) is 0 Å². The normalized spacial score (nSPS) is 15.0. The topological polar surface area (TPSA) is 90.9 Å². The maximum atomic E-state index is 12.3. The number of hydrogen-bond acceptors (Lipinski definition) is 5. The van der Waals surface area contributed by atoms with Crippen LogP contribution in [0.1, 0.15) is 65.9 Å². The van der Waals surface area contributed by atoms with Gasteiger partial charge in [0, 0.05) is 39.4 Å². The Bertz CT molecular complexity index is 717. The molecule has 1 fully saturated rings. The first-order chi connectivity index (χ1) is 14.7. The van der Waals surface area contributed by atoms with Crippen molar-refractivity contribution in [3.8, 4) is 0 Å². The number of hydrogen-bond donors (Lipinski definition) is 3.